The fraction of sp³-hybridized carbons (Fsp3) is 0.300. The number of amides is 2. The Kier molecular flexibility index (Phi) is 4.75. The van der Waals surface area contributed by atoms with Crippen molar-refractivity contribution in [3.05, 3.63) is 70.2 Å². The van der Waals surface area contributed by atoms with Crippen LogP contribution >= 0.6 is 11.3 Å². The number of fused-ring (bicyclic) bond motifs is 1. The Morgan fingerprint density at radius 3 is 3.08 bits per heavy atom. The van der Waals surface area contributed by atoms with Crippen molar-refractivity contribution in [1.82, 2.24) is 14.7 Å². The molecule has 1 aliphatic heterocycles. The van der Waals surface area contributed by atoms with Crippen molar-refractivity contribution in [2.75, 3.05) is 11.9 Å². The molecule has 0 spiro atoms. The Balaban J connectivity index is 1.48. The predicted molar refractivity (Wildman–Crippen MR) is 105 cm³/mol. The van der Waals surface area contributed by atoms with E-state index in [1.165, 1.54) is 10.4 Å². The van der Waals surface area contributed by atoms with Gasteiger partial charge in [0, 0.05) is 29.5 Å². The van der Waals surface area contributed by atoms with Gasteiger partial charge in [0.1, 0.15) is 0 Å². The number of thiophene rings is 1. The highest BCUT2D eigenvalue weighted by Gasteiger charge is 2.30. The van der Waals surface area contributed by atoms with Crippen LogP contribution in [-0.4, -0.2) is 27.3 Å². The molecule has 0 bridgehead atoms. The summed E-state index contributed by atoms with van der Waals surface area (Å²) in [5, 5.41) is 9.45. The summed E-state index contributed by atoms with van der Waals surface area (Å²) in [6.45, 7) is 3.60. The second kappa shape index (κ2) is 7.33. The number of carbonyl (C=O) groups is 1. The lowest BCUT2D eigenvalue weighted by Crippen LogP contribution is -2.41. The lowest BCUT2D eigenvalue weighted by molar-refractivity contribution is 0.181. The molecule has 1 N–H and O–H groups in total. The fourth-order valence-electron chi connectivity index (χ4n) is 3.60. The van der Waals surface area contributed by atoms with Gasteiger partial charge in [-0.1, -0.05) is 19.1 Å². The standard InChI is InChI=1S/C20H22N4OS/c1-2-18-17-8-12-26-19(17)7-11-24(18)20(25)22-16-6-3-5-15(13-16)14-23-10-4-9-21-23/h3-6,8-10,12-13,18H,2,7,11,14H2,1H3,(H,22,25). The molecule has 0 radical (unpaired) electrons. The minimum absolute atomic E-state index is 0.0232. The molecular formula is C20H22N4OS. The summed E-state index contributed by atoms with van der Waals surface area (Å²) < 4.78 is 1.87. The second-order valence-corrected chi connectivity index (χ2v) is 7.50. The van der Waals surface area contributed by atoms with E-state index in [1.807, 2.05) is 46.1 Å². The molecule has 1 atom stereocenters. The molecule has 6 heteroatoms. The summed E-state index contributed by atoms with van der Waals surface area (Å²) in [7, 11) is 0. The van der Waals surface area contributed by atoms with Crippen LogP contribution in [0.25, 0.3) is 0 Å². The number of benzene rings is 1. The van der Waals surface area contributed by atoms with Crippen LogP contribution in [0.2, 0.25) is 0 Å². The van der Waals surface area contributed by atoms with Crippen LogP contribution in [0, 0.1) is 0 Å². The van der Waals surface area contributed by atoms with E-state index in [9.17, 15) is 4.79 Å². The molecule has 0 fully saturated rings. The van der Waals surface area contributed by atoms with Crippen molar-refractivity contribution in [1.29, 1.82) is 0 Å². The summed E-state index contributed by atoms with van der Waals surface area (Å²) in [6, 6.07) is 12.2. The molecular weight excluding hydrogens is 344 g/mol. The minimum atomic E-state index is -0.0232. The van der Waals surface area contributed by atoms with Gasteiger partial charge in [0.2, 0.25) is 0 Å². The average molecular weight is 366 g/mol. The van der Waals surface area contributed by atoms with E-state index in [4.69, 9.17) is 0 Å². The topological polar surface area (TPSA) is 50.2 Å². The van der Waals surface area contributed by atoms with Crippen LogP contribution < -0.4 is 5.32 Å². The van der Waals surface area contributed by atoms with Crippen LogP contribution in [0.1, 0.15) is 35.4 Å². The molecule has 134 valence electrons. The third-order valence-corrected chi connectivity index (χ3v) is 5.82. The van der Waals surface area contributed by atoms with Gasteiger partial charge in [-0.25, -0.2) is 4.79 Å². The Bertz CT molecular complexity index is 887. The van der Waals surface area contributed by atoms with Gasteiger partial charge in [-0.05, 0) is 53.6 Å². The predicted octanol–water partition coefficient (Wildman–Crippen LogP) is 4.53. The summed E-state index contributed by atoms with van der Waals surface area (Å²) >= 11 is 1.80. The molecule has 26 heavy (non-hydrogen) atoms. The Morgan fingerprint density at radius 2 is 2.27 bits per heavy atom. The van der Waals surface area contributed by atoms with Crippen molar-refractivity contribution in [2.45, 2.75) is 32.4 Å². The van der Waals surface area contributed by atoms with Gasteiger partial charge in [0.05, 0.1) is 12.6 Å². The highest BCUT2D eigenvalue weighted by Crippen LogP contribution is 2.35. The summed E-state index contributed by atoms with van der Waals surface area (Å²) in [4.78, 5) is 16.3. The first-order chi connectivity index (χ1) is 12.7. The third-order valence-electron chi connectivity index (χ3n) is 4.82. The van der Waals surface area contributed by atoms with Crippen LogP contribution in [0.15, 0.2) is 54.2 Å². The lowest BCUT2D eigenvalue weighted by Gasteiger charge is -2.35. The number of anilines is 1. The number of nitrogens with one attached hydrogen (secondary N) is 1. The minimum Gasteiger partial charge on any atom is -0.317 e. The van der Waals surface area contributed by atoms with Gasteiger partial charge in [0.15, 0.2) is 0 Å². The number of rotatable bonds is 4. The lowest BCUT2D eigenvalue weighted by atomic mass is 9.98. The van der Waals surface area contributed by atoms with Crippen LogP contribution in [0.4, 0.5) is 10.5 Å². The first-order valence-electron chi connectivity index (χ1n) is 8.95. The molecule has 0 saturated heterocycles. The van der Waals surface area contributed by atoms with E-state index in [0.29, 0.717) is 6.54 Å². The van der Waals surface area contributed by atoms with Crippen LogP contribution in [0.3, 0.4) is 0 Å². The largest absolute Gasteiger partial charge is 0.322 e. The Labute approximate surface area is 157 Å². The SMILES string of the molecule is CCC1c2ccsc2CCN1C(=O)Nc1cccc(Cn2cccn2)c1. The number of carbonyl (C=O) groups excluding carboxylic acids is 1. The zero-order valence-electron chi connectivity index (χ0n) is 14.8. The van der Waals surface area contributed by atoms with Crippen molar-refractivity contribution in [2.24, 2.45) is 0 Å². The molecule has 1 aromatic carbocycles. The zero-order chi connectivity index (χ0) is 17.9. The smallest absolute Gasteiger partial charge is 0.317 e. The van der Waals surface area contributed by atoms with Crippen molar-refractivity contribution in [3.63, 3.8) is 0 Å². The van der Waals surface area contributed by atoms with E-state index < -0.39 is 0 Å². The van der Waals surface area contributed by atoms with Gasteiger partial charge < -0.3 is 10.2 Å². The first kappa shape index (κ1) is 16.8. The summed E-state index contributed by atoms with van der Waals surface area (Å²) in [6.07, 6.45) is 5.57. The molecule has 1 unspecified atom stereocenters. The maximum Gasteiger partial charge on any atom is 0.322 e. The quantitative estimate of drug-likeness (QED) is 0.737. The van der Waals surface area contributed by atoms with Crippen LogP contribution in [0.5, 0.6) is 0 Å². The van der Waals surface area contributed by atoms with E-state index in [-0.39, 0.29) is 12.1 Å². The number of aromatic nitrogens is 2. The first-order valence-corrected chi connectivity index (χ1v) is 9.83. The number of hydrogen-bond acceptors (Lipinski definition) is 3. The van der Waals surface area contributed by atoms with Gasteiger partial charge in [-0.3, -0.25) is 4.68 Å². The van der Waals surface area contributed by atoms with Gasteiger partial charge >= 0.3 is 6.03 Å². The third kappa shape index (κ3) is 3.37. The molecule has 0 saturated carbocycles. The van der Waals surface area contributed by atoms with Crippen molar-refractivity contribution < 1.29 is 4.79 Å². The van der Waals surface area contributed by atoms with Gasteiger partial charge in [0.25, 0.3) is 0 Å². The monoisotopic (exact) mass is 366 g/mol. The van der Waals surface area contributed by atoms with Crippen molar-refractivity contribution >= 4 is 23.1 Å². The van der Waals surface area contributed by atoms with E-state index in [0.717, 1.165) is 30.6 Å². The molecule has 2 aromatic heterocycles. The van der Waals surface area contributed by atoms with E-state index in [1.54, 1.807) is 17.5 Å². The maximum atomic E-state index is 12.9. The molecule has 3 heterocycles. The molecule has 2 amide bonds. The number of hydrogen-bond donors (Lipinski definition) is 1. The molecule has 3 aromatic rings. The molecule has 5 nitrogen and oxygen atoms in total. The zero-order valence-corrected chi connectivity index (χ0v) is 15.6. The van der Waals surface area contributed by atoms with Crippen LogP contribution in [-0.2, 0) is 13.0 Å². The molecule has 4 rings (SSSR count). The van der Waals surface area contributed by atoms with Crippen molar-refractivity contribution in [3.8, 4) is 0 Å². The molecule has 0 aliphatic carbocycles. The Hall–Kier alpha value is -2.60. The average Bonchev–Trinajstić information content (AvgIpc) is 3.32. The highest BCUT2D eigenvalue weighted by molar-refractivity contribution is 7.10. The summed E-state index contributed by atoms with van der Waals surface area (Å²) in [5.74, 6) is 0. The maximum absolute atomic E-state index is 12.9. The van der Waals surface area contributed by atoms with E-state index in [2.05, 4.69) is 28.8 Å². The van der Waals surface area contributed by atoms with Gasteiger partial charge in [-0.2, -0.15) is 5.10 Å². The van der Waals surface area contributed by atoms with E-state index >= 15 is 0 Å². The molecule has 1 aliphatic rings. The Morgan fingerprint density at radius 1 is 1.35 bits per heavy atom. The normalized spacial score (nSPS) is 16.3. The highest BCUT2D eigenvalue weighted by atomic mass is 32.1. The number of nitrogens with zero attached hydrogens (tertiary/aromatic N) is 3. The number of urea groups is 1. The summed E-state index contributed by atoms with van der Waals surface area (Å²) in [5.41, 5.74) is 3.24. The van der Waals surface area contributed by atoms with Gasteiger partial charge in [-0.15, -0.1) is 11.3 Å². The fourth-order valence-corrected chi connectivity index (χ4v) is 4.53. The second-order valence-electron chi connectivity index (χ2n) is 6.50.